The molecular formula is C9H15BrN4O. The molecule has 15 heavy (non-hydrogen) atoms. The van der Waals surface area contributed by atoms with E-state index in [-0.39, 0.29) is 12.6 Å². The number of aromatic nitrogens is 2. The van der Waals surface area contributed by atoms with Gasteiger partial charge in [0.25, 0.3) is 0 Å². The molecule has 0 bridgehead atoms. The topological polar surface area (TPSA) is 75.3 Å². The highest BCUT2D eigenvalue weighted by Gasteiger charge is 2.10. The Morgan fingerprint density at radius 2 is 2.33 bits per heavy atom. The maximum absolute atomic E-state index is 8.79. The number of halogens is 1. The van der Waals surface area contributed by atoms with Crippen LogP contribution in [0.5, 0.6) is 0 Å². The lowest BCUT2D eigenvalue weighted by Gasteiger charge is -2.22. The summed E-state index contributed by atoms with van der Waals surface area (Å²) in [7, 11) is 0. The molecule has 1 aromatic rings. The Morgan fingerprint density at radius 3 is 2.93 bits per heavy atom. The van der Waals surface area contributed by atoms with Crippen molar-refractivity contribution in [3.63, 3.8) is 0 Å². The zero-order valence-electron chi connectivity index (χ0n) is 8.65. The van der Waals surface area contributed by atoms with Crippen LogP contribution in [0.15, 0.2) is 10.7 Å². The molecule has 0 radical (unpaired) electrons. The van der Waals surface area contributed by atoms with Crippen LogP contribution in [-0.4, -0.2) is 34.8 Å². The van der Waals surface area contributed by atoms with Gasteiger partial charge in [-0.3, -0.25) is 0 Å². The number of hydrogen-bond acceptors (Lipinski definition) is 5. The molecule has 0 atom stereocenters. The van der Waals surface area contributed by atoms with E-state index in [4.69, 9.17) is 10.8 Å². The third-order valence-corrected chi connectivity index (χ3v) is 2.57. The van der Waals surface area contributed by atoms with E-state index in [1.807, 2.05) is 11.8 Å². The minimum absolute atomic E-state index is 0.175. The van der Waals surface area contributed by atoms with Gasteiger partial charge in [0.1, 0.15) is 5.82 Å². The number of aliphatic hydroxyl groups excluding tert-OH is 1. The van der Waals surface area contributed by atoms with Gasteiger partial charge in [-0.25, -0.2) is 4.98 Å². The third-order valence-electron chi connectivity index (χ3n) is 2.01. The van der Waals surface area contributed by atoms with Crippen LogP contribution in [0.3, 0.4) is 0 Å². The van der Waals surface area contributed by atoms with Crippen molar-refractivity contribution in [3.8, 4) is 0 Å². The van der Waals surface area contributed by atoms with Crippen LogP contribution >= 0.6 is 15.9 Å². The standard InChI is InChI=1S/C9H15BrN4O/c1-2-14(4-3-5-15)8-7(10)6-12-9(11)13-8/h6,15H,2-5H2,1H3,(H2,11,12,13). The van der Waals surface area contributed by atoms with Crippen molar-refractivity contribution in [2.75, 3.05) is 30.3 Å². The molecule has 0 spiro atoms. The van der Waals surface area contributed by atoms with Crippen molar-refractivity contribution < 1.29 is 5.11 Å². The molecule has 0 aliphatic rings. The fourth-order valence-corrected chi connectivity index (χ4v) is 1.71. The molecule has 5 nitrogen and oxygen atoms in total. The largest absolute Gasteiger partial charge is 0.396 e. The van der Waals surface area contributed by atoms with Crippen LogP contribution in [0.1, 0.15) is 13.3 Å². The van der Waals surface area contributed by atoms with E-state index in [1.165, 1.54) is 0 Å². The van der Waals surface area contributed by atoms with E-state index in [0.29, 0.717) is 6.42 Å². The minimum atomic E-state index is 0.175. The van der Waals surface area contributed by atoms with Crippen molar-refractivity contribution in [1.29, 1.82) is 0 Å². The molecule has 0 saturated carbocycles. The Morgan fingerprint density at radius 1 is 1.60 bits per heavy atom. The molecule has 6 heteroatoms. The highest BCUT2D eigenvalue weighted by molar-refractivity contribution is 9.10. The Balaban J connectivity index is 2.85. The monoisotopic (exact) mass is 274 g/mol. The zero-order chi connectivity index (χ0) is 11.3. The summed E-state index contributed by atoms with van der Waals surface area (Å²) < 4.78 is 0.816. The maximum Gasteiger partial charge on any atom is 0.222 e. The highest BCUT2D eigenvalue weighted by atomic mass is 79.9. The molecule has 84 valence electrons. The highest BCUT2D eigenvalue weighted by Crippen LogP contribution is 2.23. The van der Waals surface area contributed by atoms with Crippen LogP contribution in [-0.2, 0) is 0 Å². The second-order valence-electron chi connectivity index (χ2n) is 3.06. The molecule has 0 amide bonds. The molecule has 3 N–H and O–H groups in total. The van der Waals surface area contributed by atoms with E-state index in [2.05, 4.69) is 25.9 Å². The SMILES string of the molecule is CCN(CCCO)c1nc(N)ncc1Br. The van der Waals surface area contributed by atoms with Gasteiger partial charge in [0.2, 0.25) is 5.95 Å². The first-order chi connectivity index (χ1) is 7.19. The number of nitrogens with zero attached hydrogens (tertiary/aromatic N) is 3. The van der Waals surface area contributed by atoms with Crippen LogP contribution in [0.25, 0.3) is 0 Å². The summed E-state index contributed by atoms with van der Waals surface area (Å²) in [5.74, 6) is 1.04. The Labute approximate surface area is 97.5 Å². The molecule has 0 fully saturated rings. The number of rotatable bonds is 5. The van der Waals surface area contributed by atoms with E-state index >= 15 is 0 Å². The van der Waals surface area contributed by atoms with Crippen molar-refractivity contribution in [1.82, 2.24) is 9.97 Å². The predicted octanol–water partition coefficient (Wildman–Crippen LogP) is 1.03. The summed E-state index contributed by atoms with van der Waals surface area (Å²) in [5, 5.41) is 8.79. The first-order valence-electron chi connectivity index (χ1n) is 4.82. The molecule has 0 saturated heterocycles. The van der Waals surface area contributed by atoms with Crippen molar-refractivity contribution in [3.05, 3.63) is 10.7 Å². The Bertz CT molecular complexity index is 321. The predicted molar refractivity (Wildman–Crippen MR) is 63.7 cm³/mol. The van der Waals surface area contributed by atoms with Gasteiger partial charge in [-0.1, -0.05) is 0 Å². The average Bonchev–Trinajstić information content (AvgIpc) is 2.24. The maximum atomic E-state index is 8.79. The number of aliphatic hydroxyl groups is 1. The summed E-state index contributed by atoms with van der Waals surface area (Å²) in [6, 6.07) is 0. The first kappa shape index (κ1) is 12.2. The van der Waals surface area contributed by atoms with Gasteiger partial charge in [0.05, 0.1) is 4.47 Å². The van der Waals surface area contributed by atoms with Gasteiger partial charge in [-0.05, 0) is 29.3 Å². The lowest BCUT2D eigenvalue weighted by molar-refractivity contribution is 0.289. The minimum Gasteiger partial charge on any atom is -0.396 e. The van der Waals surface area contributed by atoms with E-state index in [9.17, 15) is 0 Å². The molecule has 1 rings (SSSR count). The average molecular weight is 275 g/mol. The van der Waals surface area contributed by atoms with Crippen LogP contribution in [0, 0.1) is 0 Å². The van der Waals surface area contributed by atoms with Crippen LogP contribution in [0.4, 0.5) is 11.8 Å². The van der Waals surface area contributed by atoms with Gasteiger partial charge < -0.3 is 15.7 Å². The van der Waals surface area contributed by atoms with E-state index in [0.717, 1.165) is 23.4 Å². The van der Waals surface area contributed by atoms with Gasteiger partial charge in [0, 0.05) is 25.9 Å². The molecule has 0 unspecified atom stereocenters. The number of nitrogens with two attached hydrogens (primary N) is 1. The van der Waals surface area contributed by atoms with Gasteiger partial charge >= 0.3 is 0 Å². The van der Waals surface area contributed by atoms with Gasteiger partial charge in [-0.15, -0.1) is 0 Å². The molecule has 1 heterocycles. The molecule has 0 aromatic carbocycles. The Hall–Kier alpha value is -0.880. The lowest BCUT2D eigenvalue weighted by atomic mass is 10.4. The summed E-state index contributed by atoms with van der Waals surface area (Å²) in [5.41, 5.74) is 5.53. The van der Waals surface area contributed by atoms with E-state index < -0.39 is 0 Å². The molecule has 0 aliphatic heterocycles. The number of anilines is 2. The van der Waals surface area contributed by atoms with Crippen molar-refractivity contribution >= 4 is 27.7 Å². The zero-order valence-corrected chi connectivity index (χ0v) is 10.2. The Kier molecular flexibility index (Phi) is 4.77. The van der Waals surface area contributed by atoms with Gasteiger partial charge in [-0.2, -0.15) is 4.98 Å². The summed E-state index contributed by atoms with van der Waals surface area (Å²) in [6.07, 6.45) is 2.35. The van der Waals surface area contributed by atoms with Crippen LogP contribution < -0.4 is 10.6 Å². The summed E-state index contributed by atoms with van der Waals surface area (Å²) in [4.78, 5) is 10.1. The molecule has 0 aliphatic carbocycles. The lowest BCUT2D eigenvalue weighted by Crippen LogP contribution is -2.26. The smallest absolute Gasteiger partial charge is 0.222 e. The summed E-state index contributed by atoms with van der Waals surface area (Å²) >= 11 is 3.38. The second kappa shape index (κ2) is 5.87. The second-order valence-corrected chi connectivity index (χ2v) is 3.91. The molecular weight excluding hydrogens is 260 g/mol. The third kappa shape index (κ3) is 3.32. The van der Waals surface area contributed by atoms with Crippen LogP contribution in [0.2, 0.25) is 0 Å². The quantitative estimate of drug-likeness (QED) is 0.839. The fraction of sp³-hybridized carbons (Fsp3) is 0.556. The molecule has 1 aromatic heterocycles. The number of hydrogen-bond donors (Lipinski definition) is 2. The van der Waals surface area contributed by atoms with Crippen molar-refractivity contribution in [2.45, 2.75) is 13.3 Å². The van der Waals surface area contributed by atoms with Gasteiger partial charge in [0.15, 0.2) is 0 Å². The normalized spacial score (nSPS) is 10.3. The number of nitrogen functional groups attached to an aromatic ring is 1. The fourth-order valence-electron chi connectivity index (χ4n) is 1.27. The van der Waals surface area contributed by atoms with E-state index in [1.54, 1.807) is 6.20 Å². The summed E-state index contributed by atoms with van der Waals surface area (Å²) in [6.45, 7) is 3.77. The first-order valence-corrected chi connectivity index (χ1v) is 5.62. The van der Waals surface area contributed by atoms with Crippen molar-refractivity contribution in [2.24, 2.45) is 0 Å².